The van der Waals surface area contributed by atoms with Gasteiger partial charge in [-0.1, -0.05) is 48.0 Å². The number of nitrogens with zero attached hydrogens (tertiary/aromatic N) is 1. The zero-order valence-electron chi connectivity index (χ0n) is 17.8. The van der Waals surface area contributed by atoms with Crippen molar-refractivity contribution in [3.63, 3.8) is 0 Å². The number of ketones is 1. The van der Waals surface area contributed by atoms with Crippen LogP contribution in [-0.4, -0.2) is 24.1 Å². The summed E-state index contributed by atoms with van der Waals surface area (Å²) < 4.78 is 8.15. The largest absolute Gasteiger partial charge is 0.466 e. The number of hydrogen-bond donors (Lipinski definition) is 0. The monoisotopic (exact) mass is 450 g/mol. The highest BCUT2D eigenvalue weighted by molar-refractivity contribution is 8.01. The maximum Gasteiger partial charge on any atom is 0.310 e. The van der Waals surface area contributed by atoms with E-state index in [4.69, 9.17) is 4.74 Å². The van der Waals surface area contributed by atoms with E-state index >= 15 is 0 Å². The number of hydrogen-bond acceptors (Lipinski definition) is 5. The van der Waals surface area contributed by atoms with Crippen molar-refractivity contribution in [3.8, 4) is 17.5 Å². The number of carbonyl (C=O) groups is 2. The van der Waals surface area contributed by atoms with Crippen LogP contribution in [0.15, 0.2) is 59.1 Å². The molecule has 0 unspecified atom stereocenters. The van der Waals surface area contributed by atoms with Crippen molar-refractivity contribution in [3.05, 3.63) is 76.4 Å². The standard InChI is InChI=1S/C25H24NO3S2/c1-4-6-16-30-25-22(26-14-12-18(3)13-15-26)20(17-21(27)29-5-2)24(31-25)23(28)19-10-8-7-9-11-19/h7-15H,5,16-17H2,1-3H3/q+1. The Balaban J connectivity index is 2.18. The van der Waals surface area contributed by atoms with Gasteiger partial charge in [-0.15, -0.1) is 17.3 Å². The Bertz CT molecular complexity index is 1120. The van der Waals surface area contributed by atoms with Crippen molar-refractivity contribution in [2.45, 2.75) is 31.4 Å². The van der Waals surface area contributed by atoms with Gasteiger partial charge in [-0.2, -0.15) is 4.57 Å². The molecule has 0 amide bonds. The zero-order chi connectivity index (χ0) is 22.2. The predicted molar refractivity (Wildman–Crippen MR) is 125 cm³/mol. The normalized spacial score (nSPS) is 10.3. The minimum absolute atomic E-state index is 0.0362. The lowest BCUT2D eigenvalue weighted by atomic mass is 10.0. The van der Waals surface area contributed by atoms with E-state index in [-0.39, 0.29) is 18.2 Å². The Morgan fingerprint density at radius 2 is 1.84 bits per heavy atom. The van der Waals surface area contributed by atoms with Crippen LogP contribution in [0.1, 0.15) is 40.2 Å². The molecule has 31 heavy (non-hydrogen) atoms. The number of rotatable bonds is 8. The van der Waals surface area contributed by atoms with Gasteiger partial charge in [0.1, 0.15) is 4.21 Å². The topological polar surface area (TPSA) is 47.3 Å². The molecule has 0 bridgehead atoms. The quantitative estimate of drug-likeness (QED) is 0.163. The fraction of sp³-hybridized carbons (Fsp3) is 0.240. The number of thioether (sulfide) groups is 1. The summed E-state index contributed by atoms with van der Waals surface area (Å²) in [6, 6.07) is 13.2. The average Bonchev–Trinajstić information content (AvgIpc) is 3.12. The molecular formula is C25H24NO3S2+. The average molecular weight is 451 g/mol. The summed E-state index contributed by atoms with van der Waals surface area (Å²) in [5.41, 5.74) is 3.27. The summed E-state index contributed by atoms with van der Waals surface area (Å²) in [6.07, 6.45) is 3.95. The zero-order valence-corrected chi connectivity index (χ0v) is 19.4. The molecule has 0 fully saturated rings. The highest BCUT2D eigenvalue weighted by Crippen LogP contribution is 2.38. The third-order valence-corrected chi connectivity index (χ3v) is 6.89. The summed E-state index contributed by atoms with van der Waals surface area (Å²) in [4.78, 5) is 26.4. The highest BCUT2D eigenvalue weighted by atomic mass is 32.2. The molecule has 1 aromatic carbocycles. The Kier molecular flexibility index (Phi) is 8.05. The molecule has 2 heterocycles. The second-order valence-electron chi connectivity index (χ2n) is 6.72. The molecular weight excluding hydrogens is 426 g/mol. The molecule has 3 rings (SSSR count). The number of benzene rings is 1. The minimum Gasteiger partial charge on any atom is -0.466 e. The molecule has 0 radical (unpaired) electrons. The van der Waals surface area contributed by atoms with Gasteiger partial charge in [-0.25, -0.2) is 0 Å². The molecule has 3 aromatic rings. The SMILES string of the molecule is CC#CCSc1sc(C(=O)c2ccccc2)c(CC(=O)OCC)c1-[n+]1ccc(C)cc1. The Labute approximate surface area is 191 Å². The first kappa shape index (κ1) is 22.8. The second kappa shape index (κ2) is 10.9. The van der Waals surface area contributed by atoms with Crippen LogP contribution in [0.5, 0.6) is 0 Å². The van der Waals surface area contributed by atoms with Gasteiger partial charge >= 0.3 is 5.97 Å². The van der Waals surface area contributed by atoms with Crippen molar-refractivity contribution in [2.75, 3.05) is 12.4 Å². The first-order chi connectivity index (χ1) is 15.0. The first-order valence-electron chi connectivity index (χ1n) is 9.96. The van der Waals surface area contributed by atoms with Crippen LogP contribution in [0.25, 0.3) is 5.69 Å². The molecule has 0 N–H and O–H groups in total. The number of pyridine rings is 1. The number of carbonyl (C=O) groups excluding carboxylic acids is 2. The van der Waals surface area contributed by atoms with Crippen LogP contribution >= 0.6 is 23.1 Å². The van der Waals surface area contributed by atoms with Crippen molar-refractivity contribution < 1.29 is 18.9 Å². The molecule has 158 valence electrons. The second-order valence-corrected chi connectivity index (χ2v) is 8.99. The molecule has 0 aliphatic carbocycles. The lowest BCUT2D eigenvalue weighted by Crippen LogP contribution is -2.31. The molecule has 0 aliphatic heterocycles. The maximum atomic E-state index is 13.4. The van der Waals surface area contributed by atoms with Crippen LogP contribution in [0.3, 0.4) is 0 Å². The summed E-state index contributed by atoms with van der Waals surface area (Å²) in [5, 5.41) is 0. The van der Waals surface area contributed by atoms with Gasteiger partial charge in [0.05, 0.1) is 29.2 Å². The third-order valence-electron chi connectivity index (χ3n) is 4.52. The molecule has 0 aliphatic rings. The van der Waals surface area contributed by atoms with Crippen molar-refractivity contribution in [2.24, 2.45) is 0 Å². The molecule has 6 heteroatoms. The van der Waals surface area contributed by atoms with E-state index in [0.717, 1.165) is 15.5 Å². The molecule has 0 atom stereocenters. The van der Waals surface area contributed by atoms with Gasteiger partial charge < -0.3 is 4.74 Å². The first-order valence-corrected chi connectivity index (χ1v) is 11.8. The van der Waals surface area contributed by atoms with Crippen LogP contribution in [0, 0.1) is 18.8 Å². The summed E-state index contributed by atoms with van der Waals surface area (Å²) in [6.45, 7) is 5.91. The van der Waals surface area contributed by atoms with E-state index in [1.165, 1.54) is 11.3 Å². The molecule has 2 aromatic heterocycles. The summed E-state index contributed by atoms with van der Waals surface area (Å²) in [5.74, 6) is 6.15. The Morgan fingerprint density at radius 1 is 1.13 bits per heavy atom. The van der Waals surface area contributed by atoms with Gasteiger partial charge in [0.15, 0.2) is 12.4 Å². The van der Waals surface area contributed by atoms with Crippen molar-refractivity contribution >= 4 is 34.9 Å². The minimum atomic E-state index is -0.346. The van der Waals surface area contributed by atoms with Gasteiger partial charge in [-0.05, 0) is 26.3 Å². The molecule has 0 saturated carbocycles. The lowest BCUT2D eigenvalue weighted by Gasteiger charge is -2.05. The van der Waals surface area contributed by atoms with Crippen LogP contribution in [0.2, 0.25) is 0 Å². The smallest absolute Gasteiger partial charge is 0.310 e. The van der Waals surface area contributed by atoms with Crippen molar-refractivity contribution in [1.82, 2.24) is 0 Å². The number of ether oxygens (including phenoxy) is 1. The van der Waals surface area contributed by atoms with Gasteiger partial charge in [0.2, 0.25) is 11.5 Å². The fourth-order valence-electron chi connectivity index (χ4n) is 3.04. The Hall–Kier alpha value is -2.88. The van der Waals surface area contributed by atoms with Crippen LogP contribution < -0.4 is 4.57 Å². The summed E-state index contributed by atoms with van der Waals surface area (Å²) in [7, 11) is 0. The van der Waals surface area contributed by atoms with Gasteiger partial charge in [0.25, 0.3) is 0 Å². The third kappa shape index (κ3) is 5.63. The van der Waals surface area contributed by atoms with Crippen LogP contribution in [-0.2, 0) is 16.0 Å². The Morgan fingerprint density at radius 3 is 2.48 bits per heavy atom. The molecule has 4 nitrogen and oxygen atoms in total. The van der Waals surface area contributed by atoms with E-state index in [1.54, 1.807) is 37.7 Å². The fourth-order valence-corrected chi connectivity index (χ4v) is 5.43. The summed E-state index contributed by atoms with van der Waals surface area (Å²) >= 11 is 2.99. The van der Waals surface area contributed by atoms with E-state index in [2.05, 4.69) is 11.8 Å². The number of aromatic nitrogens is 1. The van der Waals surface area contributed by atoms with Crippen molar-refractivity contribution in [1.29, 1.82) is 0 Å². The van der Waals surface area contributed by atoms with Gasteiger partial charge in [0, 0.05) is 17.7 Å². The number of thiophene rings is 1. The molecule has 0 spiro atoms. The maximum absolute atomic E-state index is 13.4. The van der Waals surface area contributed by atoms with Crippen LogP contribution in [0.4, 0.5) is 0 Å². The van der Waals surface area contributed by atoms with E-state index in [1.807, 2.05) is 54.2 Å². The van der Waals surface area contributed by atoms with Gasteiger partial charge in [-0.3, -0.25) is 9.59 Å². The predicted octanol–water partition coefficient (Wildman–Crippen LogP) is 4.79. The highest BCUT2D eigenvalue weighted by Gasteiger charge is 2.31. The number of aryl methyl sites for hydroxylation is 1. The molecule has 0 saturated heterocycles. The van der Waals surface area contributed by atoms with E-state index < -0.39 is 0 Å². The van der Waals surface area contributed by atoms with E-state index in [0.29, 0.717) is 28.4 Å². The van der Waals surface area contributed by atoms with E-state index in [9.17, 15) is 9.59 Å². The lowest BCUT2D eigenvalue weighted by molar-refractivity contribution is -0.598. The number of esters is 1.